The summed E-state index contributed by atoms with van der Waals surface area (Å²) in [5.41, 5.74) is 4.07. The predicted octanol–water partition coefficient (Wildman–Crippen LogP) is 5.37. The van der Waals surface area contributed by atoms with Crippen molar-refractivity contribution in [2.24, 2.45) is 0 Å². The Balaban J connectivity index is 1.40. The normalized spacial score (nSPS) is 11.1. The van der Waals surface area contributed by atoms with Gasteiger partial charge in [0.15, 0.2) is 0 Å². The molecule has 6 nitrogen and oxygen atoms in total. The van der Waals surface area contributed by atoms with E-state index in [4.69, 9.17) is 9.72 Å². The van der Waals surface area contributed by atoms with E-state index < -0.39 is 5.91 Å². The zero-order chi connectivity index (χ0) is 22.2. The van der Waals surface area contributed by atoms with E-state index in [9.17, 15) is 9.59 Å². The van der Waals surface area contributed by atoms with Crippen LogP contribution in [0.3, 0.4) is 0 Å². The fraction of sp³-hybridized carbons (Fsp3) is 0.0800. The first-order valence-corrected chi connectivity index (χ1v) is 10.8. The molecule has 5 aromatic rings. The van der Waals surface area contributed by atoms with Crippen LogP contribution in [0.25, 0.3) is 31.7 Å². The average molecular weight is 442 g/mol. The topological polar surface area (TPSA) is 84.1 Å². The van der Waals surface area contributed by atoms with Gasteiger partial charge in [-0.2, -0.15) is 0 Å². The molecular weight excluding hydrogens is 422 g/mol. The van der Waals surface area contributed by atoms with E-state index >= 15 is 0 Å². The van der Waals surface area contributed by atoms with Crippen molar-refractivity contribution in [1.29, 1.82) is 0 Å². The van der Waals surface area contributed by atoms with E-state index in [2.05, 4.69) is 29.4 Å². The molecule has 0 radical (unpaired) electrons. The van der Waals surface area contributed by atoms with E-state index in [-0.39, 0.29) is 11.0 Å². The summed E-state index contributed by atoms with van der Waals surface area (Å²) in [7, 11) is 1.53. The lowest BCUT2D eigenvalue weighted by Gasteiger charge is -2.07. The van der Waals surface area contributed by atoms with Gasteiger partial charge in [-0.1, -0.05) is 6.07 Å². The van der Waals surface area contributed by atoms with Crippen LogP contribution < -0.4 is 15.5 Å². The molecule has 0 spiro atoms. The summed E-state index contributed by atoms with van der Waals surface area (Å²) < 4.78 is 6.33. The number of anilines is 1. The Morgan fingerprint density at radius 2 is 1.88 bits per heavy atom. The number of amides is 1. The summed E-state index contributed by atoms with van der Waals surface area (Å²) >= 11 is 1.63. The maximum atomic E-state index is 12.8. The highest BCUT2D eigenvalue weighted by Gasteiger charge is 2.14. The van der Waals surface area contributed by atoms with Gasteiger partial charge in [0.2, 0.25) is 5.43 Å². The van der Waals surface area contributed by atoms with Crippen LogP contribution in [0, 0.1) is 6.92 Å². The van der Waals surface area contributed by atoms with Gasteiger partial charge in [-0.15, -0.1) is 11.3 Å². The smallest absolute Gasteiger partial charge is 0.261 e. The van der Waals surface area contributed by atoms with E-state index in [0.717, 1.165) is 20.8 Å². The molecule has 3 aromatic carbocycles. The molecule has 0 aliphatic carbocycles. The van der Waals surface area contributed by atoms with Gasteiger partial charge in [0.1, 0.15) is 16.3 Å². The first-order chi connectivity index (χ1) is 15.5. The number of carbonyl (C=O) groups is 1. The highest BCUT2D eigenvalue weighted by molar-refractivity contribution is 7.21. The molecule has 0 saturated carbocycles. The van der Waals surface area contributed by atoms with E-state index in [1.807, 2.05) is 30.3 Å². The van der Waals surface area contributed by atoms with Crippen LogP contribution in [0.1, 0.15) is 15.9 Å². The number of pyridine rings is 1. The van der Waals surface area contributed by atoms with Gasteiger partial charge in [0.25, 0.3) is 5.91 Å². The number of aromatic nitrogens is 2. The molecule has 7 heteroatoms. The Labute approximate surface area is 187 Å². The number of aryl methyl sites for hydroxylation is 1. The number of nitrogens with zero attached hydrogens (tertiary/aromatic N) is 1. The lowest BCUT2D eigenvalue weighted by Crippen LogP contribution is -2.21. The molecule has 2 N–H and O–H groups in total. The van der Waals surface area contributed by atoms with Crippen LogP contribution in [-0.2, 0) is 0 Å². The van der Waals surface area contributed by atoms with E-state index in [1.54, 1.807) is 29.5 Å². The standard InChI is InChI=1S/C25H19N3O3S/c1-14-3-9-21-22(11-14)32-25(28-21)15-4-6-16(7-5-15)27-24(30)19-13-26-20-10-8-17(31-2)12-18(20)23(19)29/h3-13H,1-2H3,(H,26,29)(H,27,30). The van der Waals surface area contributed by atoms with Crippen LogP contribution in [0.4, 0.5) is 5.69 Å². The minimum absolute atomic E-state index is 0.0383. The molecule has 0 aliphatic heterocycles. The Hall–Kier alpha value is -3.97. The molecule has 0 fully saturated rings. The fourth-order valence-corrected chi connectivity index (χ4v) is 4.61. The molecular formula is C25H19N3O3S. The Kier molecular flexibility index (Phi) is 4.95. The summed E-state index contributed by atoms with van der Waals surface area (Å²) in [6, 6.07) is 18.8. The number of hydrogen-bond acceptors (Lipinski definition) is 5. The number of nitrogens with one attached hydrogen (secondary N) is 2. The van der Waals surface area contributed by atoms with E-state index in [1.165, 1.54) is 18.9 Å². The number of benzene rings is 3. The van der Waals surface area contributed by atoms with Gasteiger partial charge in [0.05, 0.1) is 17.3 Å². The third-order valence-electron chi connectivity index (χ3n) is 5.27. The second-order valence-corrected chi connectivity index (χ2v) is 8.50. The number of methoxy groups -OCH3 is 1. The third-order valence-corrected chi connectivity index (χ3v) is 6.33. The lowest BCUT2D eigenvalue weighted by molar-refractivity contribution is 0.102. The average Bonchev–Trinajstić information content (AvgIpc) is 3.22. The Bertz CT molecular complexity index is 1530. The van der Waals surface area contributed by atoms with Gasteiger partial charge in [-0.25, -0.2) is 4.98 Å². The summed E-state index contributed by atoms with van der Waals surface area (Å²) in [4.78, 5) is 33.3. The van der Waals surface area contributed by atoms with Crippen molar-refractivity contribution in [1.82, 2.24) is 9.97 Å². The number of thiazole rings is 1. The second kappa shape index (κ2) is 7.94. The number of hydrogen-bond donors (Lipinski definition) is 2. The first kappa shape index (κ1) is 20.0. The molecule has 5 rings (SSSR count). The van der Waals surface area contributed by atoms with Gasteiger partial charge >= 0.3 is 0 Å². The summed E-state index contributed by atoms with van der Waals surface area (Å²) in [6.45, 7) is 2.06. The molecule has 158 valence electrons. The largest absolute Gasteiger partial charge is 0.497 e. The summed E-state index contributed by atoms with van der Waals surface area (Å²) in [5, 5.41) is 4.12. The Morgan fingerprint density at radius 3 is 2.66 bits per heavy atom. The minimum atomic E-state index is -0.473. The number of rotatable bonds is 4. The molecule has 0 bridgehead atoms. The number of H-pyrrole nitrogens is 1. The first-order valence-electron chi connectivity index (χ1n) is 10.0. The zero-order valence-electron chi connectivity index (χ0n) is 17.4. The van der Waals surface area contributed by atoms with Crippen molar-refractivity contribution < 1.29 is 9.53 Å². The van der Waals surface area contributed by atoms with Gasteiger partial charge in [-0.05, 0) is 67.1 Å². The van der Waals surface area contributed by atoms with Crippen LogP contribution in [0.2, 0.25) is 0 Å². The monoisotopic (exact) mass is 441 g/mol. The SMILES string of the molecule is COc1ccc2[nH]cc(C(=O)Nc3ccc(-c4nc5ccc(C)cc5s4)cc3)c(=O)c2c1. The zero-order valence-corrected chi connectivity index (χ0v) is 18.2. The van der Waals surface area contributed by atoms with Crippen molar-refractivity contribution in [2.75, 3.05) is 12.4 Å². The highest BCUT2D eigenvalue weighted by atomic mass is 32.1. The second-order valence-electron chi connectivity index (χ2n) is 7.46. The molecule has 1 amide bonds. The van der Waals surface area contributed by atoms with Crippen LogP contribution in [-0.4, -0.2) is 23.0 Å². The van der Waals surface area contributed by atoms with Crippen molar-refractivity contribution in [2.45, 2.75) is 6.92 Å². The van der Waals surface area contributed by atoms with Crippen LogP contribution in [0.15, 0.2) is 71.7 Å². The van der Waals surface area contributed by atoms with Gasteiger partial charge in [-0.3, -0.25) is 9.59 Å². The number of aromatic amines is 1. The quantitative estimate of drug-likeness (QED) is 0.392. The molecule has 0 aliphatic rings. The van der Waals surface area contributed by atoms with Crippen LogP contribution in [0.5, 0.6) is 5.75 Å². The van der Waals surface area contributed by atoms with Gasteiger partial charge < -0.3 is 15.0 Å². The maximum Gasteiger partial charge on any atom is 0.261 e. The van der Waals surface area contributed by atoms with Gasteiger partial charge in [0, 0.05) is 28.4 Å². The minimum Gasteiger partial charge on any atom is -0.497 e. The fourth-order valence-electron chi connectivity index (χ4n) is 3.54. The molecule has 0 atom stereocenters. The number of fused-ring (bicyclic) bond motifs is 2. The van der Waals surface area contributed by atoms with Crippen molar-refractivity contribution in [3.63, 3.8) is 0 Å². The molecule has 32 heavy (non-hydrogen) atoms. The third kappa shape index (κ3) is 3.63. The maximum absolute atomic E-state index is 12.8. The number of ether oxygens (including phenoxy) is 1. The van der Waals surface area contributed by atoms with Crippen molar-refractivity contribution >= 4 is 44.1 Å². The molecule has 0 saturated heterocycles. The van der Waals surface area contributed by atoms with E-state index in [0.29, 0.717) is 22.3 Å². The lowest BCUT2D eigenvalue weighted by atomic mass is 10.1. The van der Waals surface area contributed by atoms with Crippen molar-refractivity contribution in [3.05, 3.63) is 88.2 Å². The predicted molar refractivity (Wildman–Crippen MR) is 129 cm³/mol. The summed E-state index contributed by atoms with van der Waals surface area (Å²) in [6.07, 6.45) is 1.43. The highest BCUT2D eigenvalue weighted by Crippen LogP contribution is 2.31. The molecule has 2 heterocycles. The molecule has 2 aromatic heterocycles. The number of carbonyl (C=O) groups excluding carboxylic acids is 1. The molecule has 0 unspecified atom stereocenters. The van der Waals surface area contributed by atoms with Crippen LogP contribution >= 0.6 is 11.3 Å². The summed E-state index contributed by atoms with van der Waals surface area (Å²) in [5.74, 6) is 0.0836. The van der Waals surface area contributed by atoms with Crippen molar-refractivity contribution in [3.8, 4) is 16.3 Å². The Morgan fingerprint density at radius 1 is 1.06 bits per heavy atom.